The second-order valence-electron chi connectivity index (χ2n) is 4.59. The maximum atomic E-state index is 12.4. The molecule has 1 fully saturated rings. The van der Waals surface area contributed by atoms with Gasteiger partial charge in [-0.1, -0.05) is 43.0 Å². The smallest absolute Gasteiger partial charge is 0.326 e. The number of amides is 1. The number of carbonyl (C=O) groups excluding carboxylic acids is 1. The Balaban J connectivity index is 2.31. The maximum Gasteiger partial charge on any atom is 0.326 e. The molecule has 1 N–H and O–H groups in total. The van der Waals surface area contributed by atoms with Crippen LogP contribution in [0.15, 0.2) is 29.2 Å². The molecule has 1 aromatic rings. The molecule has 7 heteroatoms. The SMILES string of the molecule is CC[C@H](C(=O)O)N1C(=O)/C(=C/c2cccc(OC)c2)SC1=S. The number of methoxy groups -OCH3 is 1. The summed E-state index contributed by atoms with van der Waals surface area (Å²) in [6.45, 7) is 1.71. The van der Waals surface area contributed by atoms with Crippen LogP contribution in [0.1, 0.15) is 18.9 Å². The van der Waals surface area contributed by atoms with Gasteiger partial charge in [0, 0.05) is 0 Å². The second-order valence-corrected chi connectivity index (χ2v) is 6.27. The first-order valence-electron chi connectivity index (χ1n) is 6.61. The van der Waals surface area contributed by atoms with Crippen LogP contribution in [0, 0.1) is 0 Å². The molecule has 0 aliphatic carbocycles. The number of hydrogen-bond donors (Lipinski definition) is 1. The molecule has 2 rings (SSSR count). The van der Waals surface area contributed by atoms with Gasteiger partial charge in [-0.15, -0.1) is 0 Å². The van der Waals surface area contributed by atoms with Crippen LogP contribution in [0.5, 0.6) is 5.75 Å². The molecule has 1 atom stereocenters. The minimum Gasteiger partial charge on any atom is -0.497 e. The third-order valence-corrected chi connectivity index (χ3v) is 4.53. The van der Waals surface area contributed by atoms with Crippen LogP contribution >= 0.6 is 24.0 Å². The van der Waals surface area contributed by atoms with E-state index in [1.165, 1.54) is 4.90 Å². The molecule has 1 aliphatic rings. The molecule has 1 aliphatic heterocycles. The van der Waals surface area contributed by atoms with Gasteiger partial charge in [0.2, 0.25) is 0 Å². The number of thioether (sulfide) groups is 1. The Bertz CT molecular complexity index is 657. The number of ether oxygens (including phenoxy) is 1. The predicted octanol–water partition coefficient (Wildman–Crippen LogP) is 2.76. The number of hydrogen-bond acceptors (Lipinski definition) is 5. The summed E-state index contributed by atoms with van der Waals surface area (Å²) in [6.07, 6.45) is 1.99. The number of rotatable bonds is 5. The van der Waals surface area contributed by atoms with E-state index in [1.807, 2.05) is 12.1 Å². The Hall–Kier alpha value is -1.86. The number of carbonyl (C=O) groups is 2. The van der Waals surface area contributed by atoms with Gasteiger partial charge in [-0.05, 0) is 30.2 Å². The van der Waals surface area contributed by atoms with Gasteiger partial charge in [-0.25, -0.2) is 4.79 Å². The molecule has 0 aromatic heterocycles. The molecule has 0 unspecified atom stereocenters. The molecule has 1 heterocycles. The third kappa shape index (κ3) is 3.31. The molecule has 0 bridgehead atoms. The number of thiocarbonyl (C=S) groups is 1. The summed E-state index contributed by atoms with van der Waals surface area (Å²) in [4.78, 5) is 25.3. The van der Waals surface area contributed by atoms with E-state index in [0.717, 1.165) is 17.3 Å². The van der Waals surface area contributed by atoms with Crippen molar-refractivity contribution in [2.45, 2.75) is 19.4 Å². The molecule has 5 nitrogen and oxygen atoms in total. The summed E-state index contributed by atoms with van der Waals surface area (Å²) in [7, 11) is 1.57. The largest absolute Gasteiger partial charge is 0.497 e. The van der Waals surface area contributed by atoms with Gasteiger partial charge in [0.1, 0.15) is 16.1 Å². The zero-order chi connectivity index (χ0) is 16.3. The lowest BCUT2D eigenvalue weighted by atomic mass is 10.1. The molecule has 1 saturated heterocycles. The summed E-state index contributed by atoms with van der Waals surface area (Å²) in [6, 6.07) is 6.33. The molecular weight excluding hydrogens is 322 g/mol. The standard InChI is InChI=1S/C15H15NO4S2/c1-3-11(14(18)19)16-13(17)12(22-15(16)21)8-9-5-4-6-10(7-9)20-2/h4-8,11H,3H2,1-2H3,(H,18,19)/b12-8-/t11-/m1/s1. The Morgan fingerprint density at radius 1 is 1.55 bits per heavy atom. The zero-order valence-corrected chi connectivity index (χ0v) is 13.7. The molecular formula is C15H15NO4S2. The number of nitrogens with zero attached hydrogens (tertiary/aromatic N) is 1. The van der Waals surface area contributed by atoms with E-state index in [2.05, 4.69) is 0 Å². The summed E-state index contributed by atoms with van der Waals surface area (Å²) in [5.41, 5.74) is 0.795. The summed E-state index contributed by atoms with van der Waals surface area (Å²) >= 11 is 6.28. The van der Waals surface area contributed by atoms with Crippen molar-refractivity contribution in [2.24, 2.45) is 0 Å². The quantitative estimate of drug-likeness (QED) is 0.658. The van der Waals surface area contributed by atoms with Crippen LogP contribution in [-0.4, -0.2) is 39.4 Å². The van der Waals surface area contributed by atoms with Gasteiger partial charge in [0.15, 0.2) is 0 Å². The molecule has 1 aromatic carbocycles. The van der Waals surface area contributed by atoms with Crippen LogP contribution in [-0.2, 0) is 9.59 Å². The maximum absolute atomic E-state index is 12.4. The fourth-order valence-electron chi connectivity index (χ4n) is 2.10. The normalized spacial score (nSPS) is 17.9. The van der Waals surface area contributed by atoms with Gasteiger partial charge in [0.05, 0.1) is 12.0 Å². The third-order valence-electron chi connectivity index (χ3n) is 3.20. The van der Waals surface area contributed by atoms with E-state index < -0.39 is 12.0 Å². The lowest BCUT2D eigenvalue weighted by Gasteiger charge is -2.21. The van der Waals surface area contributed by atoms with Crippen molar-refractivity contribution in [1.82, 2.24) is 4.90 Å². The fourth-order valence-corrected chi connectivity index (χ4v) is 3.46. The monoisotopic (exact) mass is 337 g/mol. The highest BCUT2D eigenvalue weighted by Crippen LogP contribution is 2.34. The lowest BCUT2D eigenvalue weighted by molar-refractivity contribution is -0.145. The topological polar surface area (TPSA) is 66.8 Å². The van der Waals surface area contributed by atoms with E-state index in [1.54, 1.807) is 32.2 Å². The van der Waals surface area contributed by atoms with Crippen molar-refractivity contribution in [1.29, 1.82) is 0 Å². The predicted molar refractivity (Wildman–Crippen MR) is 89.7 cm³/mol. The zero-order valence-electron chi connectivity index (χ0n) is 12.1. The van der Waals surface area contributed by atoms with Gasteiger partial charge in [0.25, 0.3) is 5.91 Å². The highest BCUT2D eigenvalue weighted by atomic mass is 32.2. The number of carboxylic acid groups (broad SMARTS) is 1. The van der Waals surface area contributed by atoms with E-state index in [-0.39, 0.29) is 10.2 Å². The van der Waals surface area contributed by atoms with Crippen LogP contribution in [0.3, 0.4) is 0 Å². The van der Waals surface area contributed by atoms with Crippen molar-refractivity contribution < 1.29 is 19.4 Å². The highest BCUT2D eigenvalue weighted by molar-refractivity contribution is 8.26. The minimum absolute atomic E-state index is 0.272. The van der Waals surface area contributed by atoms with Gasteiger partial charge in [-0.3, -0.25) is 9.69 Å². The fraction of sp³-hybridized carbons (Fsp3) is 0.267. The number of carboxylic acids is 1. The molecule has 0 saturated carbocycles. The first kappa shape index (κ1) is 16.5. The van der Waals surface area contributed by atoms with E-state index in [4.69, 9.17) is 17.0 Å². The first-order chi connectivity index (χ1) is 10.5. The molecule has 1 amide bonds. The number of aliphatic carboxylic acids is 1. The average Bonchev–Trinajstić information content (AvgIpc) is 2.76. The highest BCUT2D eigenvalue weighted by Gasteiger charge is 2.39. The Labute approximate surface area is 137 Å². The Morgan fingerprint density at radius 2 is 2.27 bits per heavy atom. The molecule has 0 spiro atoms. The van der Waals surface area contributed by atoms with Gasteiger partial charge >= 0.3 is 5.97 Å². The Kier molecular flexibility index (Phi) is 5.20. The van der Waals surface area contributed by atoms with Crippen molar-refractivity contribution in [3.05, 3.63) is 34.7 Å². The average molecular weight is 337 g/mol. The van der Waals surface area contributed by atoms with Crippen molar-refractivity contribution in [3.8, 4) is 5.75 Å². The summed E-state index contributed by atoms with van der Waals surface area (Å²) in [5, 5.41) is 9.21. The van der Waals surface area contributed by atoms with Crippen molar-refractivity contribution in [3.63, 3.8) is 0 Å². The van der Waals surface area contributed by atoms with E-state index in [0.29, 0.717) is 17.1 Å². The van der Waals surface area contributed by atoms with Crippen LogP contribution in [0.25, 0.3) is 6.08 Å². The van der Waals surface area contributed by atoms with Gasteiger partial charge in [-0.2, -0.15) is 0 Å². The molecule has 22 heavy (non-hydrogen) atoms. The first-order valence-corrected chi connectivity index (χ1v) is 7.84. The lowest BCUT2D eigenvalue weighted by Crippen LogP contribution is -2.43. The van der Waals surface area contributed by atoms with E-state index in [9.17, 15) is 14.7 Å². The Morgan fingerprint density at radius 3 is 2.86 bits per heavy atom. The molecule has 116 valence electrons. The van der Waals surface area contributed by atoms with Crippen LogP contribution in [0.4, 0.5) is 0 Å². The second kappa shape index (κ2) is 6.93. The van der Waals surface area contributed by atoms with Crippen molar-refractivity contribution in [2.75, 3.05) is 7.11 Å². The van der Waals surface area contributed by atoms with Crippen molar-refractivity contribution >= 4 is 46.3 Å². The number of benzene rings is 1. The summed E-state index contributed by atoms with van der Waals surface area (Å²) < 4.78 is 5.41. The summed E-state index contributed by atoms with van der Waals surface area (Å²) in [5.74, 6) is -0.741. The van der Waals surface area contributed by atoms with Crippen LogP contribution < -0.4 is 4.74 Å². The van der Waals surface area contributed by atoms with Crippen LogP contribution in [0.2, 0.25) is 0 Å². The minimum atomic E-state index is -1.05. The molecule has 0 radical (unpaired) electrons. The van der Waals surface area contributed by atoms with Gasteiger partial charge < -0.3 is 9.84 Å². The van der Waals surface area contributed by atoms with E-state index >= 15 is 0 Å².